The van der Waals surface area contributed by atoms with Crippen LogP contribution in [0.25, 0.3) is 0 Å². The Kier molecular flexibility index (Phi) is 3.81. The molecule has 0 amide bonds. The van der Waals surface area contributed by atoms with E-state index >= 15 is 0 Å². The first-order valence-corrected chi connectivity index (χ1v) is 7.72. The van der Waals surface area contributed by atoms with Crippen molar-refractivity contribution in [3.8, 4) is 0 Å². The molecule has 0 spiro atoms. The molecular weight excluding hydrogens is 184 g/mol. The summed E-state index contributed by atoms with van der Waals surface area (Å²) in [7, 11) is 0.153. The van der Waals surface area contributed by atoms with E-state index in [2.05, 4.69) is 18.2 Å². The molecule has 1 saturated carbocycles. The fourth-order valence-corrected chi connectivity index (χ4v) is 4.66. The van der Waals surface area contributed by atoms with Gasteiger partial charge in [-0.3, -0.25) is 0 Å². The van der Waals surface area contributed by atoms with E-state index < -0.39 is 0 Å². The summed E-state index contributed by atoms with van der Waals surface area (Å²) in [4.78, 5) is 0. The van der Waals surface area contributed by atoms with Crippen molar-refractivity contribution < 1.29 is 0 Å². The second-order valence-electron chi connectivity index (χ2n) is 4.45. The summed E-state index contributed by atoms with van der Waals surface area (Å²) in [6.45, 7) is 0. The van der Waals surface area contributed by atoms with Gasteiger partial charge in [0.05, 0.1) is 0 Å². The van der Waals surface area contributed by atoms with Crippen molar-refractivity contribution in [3.63, 3.8) is 0 Å². The van der Waals surface area contributed by atoms with Crippen LogP contribution in [0.1, 0.15) is 37.7 Å². The van der Waals surface area contributed by atoms with Gasteiger partial charge in [-0.15, -0.1) is 0 Å². The van der Waals surface area contributed by atoms with Crippen LogP contribution >= 0.6 is 0 Å². The van der Waals surface area contributed by atoms with E-state index in [1.165, 1.54) is 38.1 Å². The fraction of sp³-hybridized carbons (Fsp3) is 0.538. The van der Waals surface area contributed by atoms with Crippen LogP contribution in [0.5, 0.6) is 0 Å². The van der Waals surface area contributed by atoms with Crippen LogP contribution in [0, 0.1) is 6.07 Å². The van der Waals surface area contributed by atoms with Crippen LogP contribution in [0.2, 0.25) is 5.54 Å². The standard InChI is InChI=1S/C13H19Si/c1-3-7-12(8-4-1)11-14-13-9-5-2-6-10-13/h3-4,7-8,13H,2,5-6,9-11,14H2. The maximum absolute atomic E-state index is 3.09. The van der Waals surface area contributed by atoms with Gasteiger partial charge < -0.3 is 0 Å². The van der Waals surface area contributed by atoms with E-state index in [1.807, 2.05) is 12.1 Å². The summed E-state index contributed by atoms with van der Waals surface area (Å²) in [5.41, 5.74) is 2.69. The summed E-state index contributed by atoms with van der Waals surface area (Å²) in [6.07, 6.45) is 7.56. The molecule has 0 saturated heterocycles. The van der Waals surface area contributed by atoms with Gasteiger partial charge in [-0.1, -0.05) is 67.5 Å². The predicted octanol–water partition coefficient (Wildman–Crippen LogP) is 2.91. The Morgan fingerprint density at radius 1 is 1.14 bits per heavy atom. The molecule has 1 aliphatic carbocycles. The highest BCUT2D eigenvalue weighted by molar-refractivity contribution is 6.37. The minimum Gasteiger partial charge on any atom is -0.0587 e. The highest BCUT2D eigenvalue weighted by Crippen LogP contribution is 2.28. The minimum atomic E-state index is 0.153. The highest BCUT2D eigenvalue weighted by atomic mass is 28.2. The van der Waals surface area contributed by atoms with Gasteiger partial charge in [-0.25, -0.2) is 0 Å². The van der Waals surface area contributed by atoms with E-state index in [-0.39, 0.29) is 9.52 Å². The lowest BCUT2D eigenvalue weighted by Gasteiger charge is -2.20. The van der Waals surface area contributed by atoms with Gasteiger partial charge in [0.25, 0.3) is 0 Å². The third kappa shape index (κ3) is 2.98. The molecule has 1 radical (unpaired) electrons. The summed E-state index contributed by atoms with van der Waals surface area (Å²) in [5, 5.41) is 0. The van der Waals surface area contributed by atoms with Crippen molar-refractivity contribution in [2.45, 2.75) is 43.7 Å². The van der Waals surface area contributed by atoms with Crippen LogP contribution in [0.3, 0.4) is 0 Å². The Hall–Kier alpha value is -0.563. The molecule has 1 aromatic rings. The molecule has 75 valence electrons. The molecule has 0 heterocycles. The van der Waals surface area contributed by atoms with E-state index in [9.17, 15) is 0 Å². The zero-order valence-electron chi connectivity index (χ0n) is 8.84. The van der Waals surface area contributed by atoms with Gasteiger partial charge in [0, 0.05) is 9.52 Å². The quantitative estimate of drug-likeness (QED) is 0.663. The Bertz CT molecular complexity index is 249. The summed E-state index contributed by atoms with van der Waals surface area (Å²) >= 11 is 0. The summed E-state index contributed by atoms with van der Waals surface area (Å²) in [6, 6.07) is 13.0. The zero-order valence-corrected chi connectivity index (χ0v) is 10.3. The molecule has 0 nitrogen and oxygen atoms in total. The molecule has 0 atom stereocenters. The highest BCUT2D eigenvalue weighted by Gasteiger charge is 2.13. The van der Waals surface area contributed by atoms with E-state index in [1.54, 1.807) is 5.56 Å². The number of benzene rings is 1. The molecule has 0 aliphatic heterocycles. The first kappa shape index (κ1) is 9.97. The van der Waals surface area contributed by atoms with E-state index in [0.29, 0.717) is 0 Å². The average Bonchev–Trinajstić information content (AvgIpc) is 2.29. The summed E-state index contributed by atoms with van der Waals surface area (Å²) in [5.74, 6) is 0. The molecule has 0 N–H and O–H groups in total. The van der Waals surface area contributed by atoms with Crippen LogP contribution in [-0.2, 0) is 6.04 Å². The van der Waals surface area contributed by atoms with Gasteiger partial charge in [0.1, 0.15) is 0 Å². The molecule has 1 fully saturated rings. The van der Waals surface area contributed by atoms with Crippen molar-refractivity contribution in [1.29, 1.82) is 0 Å². The first-order chi connectivity index (χ1) is 6.95. The lowest BCUT2D eigenvalue weighted by Crippen LogP contribution is -2.10. The van der Waals surface area contributed by atoms with Crippen molar-refractivity contribution >= 4 is 9.52 Å². The summed E-state index contributed by atoms with van der Waals surface area (Å²) < 4.78 is 0. The topological polar surface area (TPSA) is 0 Å². The van der Waals surface area contributed by atoms with Crippen LogP contribution in [0.15, 0.2) is 24.3 Å². The molecule has 0 bridgehead atoms. The molecule has 1 aliphatic rings. The maximum atomic E-state index is 3.09. The number of hydrogen-bond acceptors (Lipinski definition) is 0. The van der Waals surface area contributed by atoms with Gasteiger partial charge in [0.2, 0.25) is 0 Å². The van der Waals surface area contributed by atoms with E-state index in [4.69, 9.17) is 0 Å². The molecule has 2 rings (SSSR count). The molecule has 0 unspecified atom stereocenters. The predicted molar refractivity (Wildman–Crippen MR) is 64.4 cm³/mol. The monoisotopic (exact) mass is 203 g/mol. The van der Waals surface area contributed by atoms with Crippen molar-refractivity contribution in [2.75, 3.05) is 0 Å². The zero-order chi connectivity index (χ0) is 9.64. The second kappa shape index (κ2) is 5.35. The molecule has 1 aromatic carbocycles. The number of hydrogen-bond donors (Lipinski definition) is 0. The van der Waals surface area contributed by atoms with Crippen molar-refractivity contribution in [3.05, 3.63) is 35.9 Å². The third-order valence-electron chi connectivity index (χ3n) is 3.35. The molecular formula is C13H19Si. The Labute approximate surface area is 89.6 Å². The second-order valence-corrected chi connectivity index (χ2v) is 6.68. The maximum Gasteiger partial charge on any atom is 0.0280 e. The lowest BCUT2D eigenvalue weighted by atomic mass is 10.0. The Morgan fingerprint density at radius 3 is 2.57 bits per heavy atom. The molecule has 14 heavy (non-hydrogen) atoms. The molecule has 1 heteroatoms. The lowest BCUT2D eigenvalue weighted by molar-refractivity contribution is 0.500. The normalized spacial score (nSPS) is 19.1. The van der Waals surface area contributed by atoms with Gasteiger partial charge in [-0.2, -0.15) is 0 Å². The van der Waals surface area contributed by atoms with E-state index in [0.717, 1.165) is 5.54 Å². The first-order valence-electron chi connectivity index (χ1n) is 5.90. The number of rotatable bonds is 3. The largest absolute Gasteiger partial charge is 0.0587 e. The van der Waals surface area contributed by atoms with Crippen LogP contribution in [-0.4, -0.2) is 9.52 Å². The van der Waals surface area contributed by atoms with Crippen molar-refractivity contribution in [1.82, 2.24) is 0 Å². The molecule has 0 aromatic heterocycles. The van der Waals surface area contributed by atoms with Crippen LogP contribution < -0.4 is 0 Å². The Balaban J connectivity index is 1.76. The van der Waals surface area contributed by atoms with Gasteiger partial charge in [0.15, 0.2) is 0 Å². The SMILES string of the molecule is [c]1ccc(C[SiH2]C2CCCCC2)cc1. The van der Waals surface area contributed by atoms with Gasteiger partial charge >= 0.3 is 0 Å². The average molecular weight is 203 g/mol. The third-order valence-corrected chi connectivity index (χ3v) is 5.85. The van der Waals surface area contributed by atoms with Crippen LogP contribution in [0.4, 0.5) is 0 Å². The van der Waals surface area contributed by atoms with Gasteiger partial charge in [-0.05, 0) is 12.1 Å². The smallest absolute Gasteiger partial charge is 0.0280 e. The Morgan fingerprint density at radius 2 is 1.86 bits per heavy atom. The fourth-order valence-electron chi connectivity index (χ4n) is 2.43. The minimum absolute atomic E-state index is 0.153. The van der Waals surface area contributed by atoms with Crippen molar-refractivity contribution in [2.24, 2.45) is 0 Å².